The summed E-state index contributed by atoms with van der Waals surface area (Å²) < 4.78 is 15.8. The van der Waals surface area contributed by atoms with E-state index in [9.17, 15) is 9.36 Å². The van der Waals surface area contributed by atoms with Gasteiger partial charge in [-0.25, -0.2) is 0 Å². The second kappa shape index (κ2) is 6.03. The van der Waals surface area contributed by atoms with E-state index in [1.165, 1.54) is 5.56 Å². The van der Waals surface area contributed by atoms with Gasteiger partial charge in [-0.3, -0.25) is 9.36 Å². The summed E-state index contributed by atoms with van der Waals surface area (Å²) in [5, 5.41) is 0. The lowest BCUT2D eigenvalue weighted by Crippen LogP contribution is -2.19. The number of nitrogens with zero attached hydrogens (tertiary/aromatic N) is 1. The number of nitrogen functional groups attached to an aromatic ring is 1. The Hall–Kier alpha value is -1.36. The van der Waals surface area contributed by atoms with Gasteiger partial charge in [0.05, 0.1) is 11.7 Å². The average molecular weight is 324 g/mol. The molecule has 1 fully saturated rings. The van der Waals surface area contributed by atoms with Crippen molar-refractivity contribution in [1.29, 1.82) is 0 Å². The Morgan fingerprint density at radius 1 is 1.32 bits per heavy atom. The lowest BCUT2D eigenvalue weighted by atomic mass is 9.80. The van der Waals surface area contributed by atoms with Crippen LogP contribution in [-0.2, 0) is 15.6 Å². The fraction of sp³-hybridized carbons (Fsp3) is 0.533. The first-order valence-electron chi connectivity index (χ1n) is 7.53. The molecule has 1 heterocycles. The molecule has 7 heteroatoms. The van der Waals surface area contributed by atoms with Gasteiger partial charge in [0.2, 0.25) is 0 Å². The Kier molecular flexibility index (Phi) is 4.26. The third kappa shape index (κ3) is 2.78. The number of rotatable bonds is 3. The summed E-state index contributed by atoms with van der Waals surface area (Å²) in [4.78, 5) is 22.8. The summed E-state index contributed by atoms with van der Waals surface area (Å²) >= 11 is 0. The molecule has 6 nitrogen and oxygen atoms in total. The number of hydrogen-bond donors (Lipinski definition) is 2. The summed E-state index contributed by atoms with van der Waals surface area (Å²) in [6.07, 6.45) is 3.20. The number of anilines is 1. The molecular weight excluding hydrogens is 303 g/mol. The third-order valence-corrected chi connectivity index (χ3v) is 5.25. The van der Waals surface area contributed by atoms with E-state index in [2.05, 4.69) is 0 Å². The topological polar surface area (TPSA) is 92.9 Å². The normalized spacial score (nSPS) is 26.1. The largest absolute Gasteiger partial charge is 0.398 e. The Labute approximate surface area is 130 Å². The highest BCUT2D eigenvalue weighted by molar-refractivity contribution is 7.32. The van der Waals surface area contributed by atoms with Gasteiger partial charge >= 0.3 is 8.25 Å². The van der Waals surface area contributed by atoms with E-state index in [-0.39, 0.29) is 12.0 Å². The van der Waals surface area contributed by atoms with Crippen molar-refractivity contribution in [3.8, 4) is 0 Å². The lowest BCUT2D eigenvalue weighted by Gasteiger charge is -2.29. The van der Waals surface area contributed by atoms with E-state index >= 15 is 0 Å². The highest BCUT2D eigenvalue weighted by Gasteiger charge is 2.32. The first-order valence-corrected chi connectivity index (χ1v) is 8.80. The molecule has 1 aromatic carbocycles. The molecule has 3 rings (SSSR count). The summed E-state index contributed by atoms with van der Waals surface area (Å²) in [6.45, 7) is 0.606. The van der Waals surface area contributed by atoms with Crippen LogP contribution in [0.15, 0.2) is 12.1 Å². The molecule has 0 radical (unpaired) electrons. The van der Waals surface area contributed by atoms with E-state index in [0.717, 1.165) is 31.2 Å². The third-order valence-electron chi connectivity index (χ3n) is 4.72. The van der Waals surface area contributed by atoms with Gasteiger partial charge in [0.15, 0.2) is 0 Å². The Balaban J connectivity index is 1.81. The quantitative estimate of drug-likeness (QED) is 0.657. The van der Waals surface area contributed by atoms with E-state index < -0.39 is 8.25 Å². The molecule has 0 bridgehead atoms. The molecule has 1 aliphatic carbocycles. The lowest BCUT2D eigenvalue weighted by molar-refractivity contribution is 0.0817. The molecule has 0 aromatic heterocycles. The maximum atomic E-state index is 12.2. The van der Waals surface area contributed by atoms with Crippen LogP contribution < -0.4 is 5.73 Å². The molecule has 1 saturated carbocycles. The number of carbonyl (C=O) groups excluding carboxylic acids is 1. The fourth-order valence-electron chi connectivity index (χ4n) is 3.62. The Morgan fingerprint density at radius 2 is 2.00 bits per heavy atom. The molecule has 1 unspecified atom stereocenters. The molecule has 1 amide bonds. The van der Waals surface area contributed by atoms with Gasteiger partial charge in [-0.1, -0.05) is 6.07 Å². The van der Waals surface area contributed by atoms with E-state index in [1.54, 1.807) is 11.9 Å². The molecule has 1 aromatic rings. The highest BCUT2D eigenvalue weighted by atomic mass is 31.1. The predicted octanol–water partition coefficient (Wildman–Crippen LogP) is 2.28. The van der Waals surface area contributed by atoms with Gasteiger partial charge in [0, 0.05) is 19.3 Å². The van der Waals surface area contributed by atoms with Crippen LogP contribution in [-0.4, -0.2) is 28.9 Å². The van der Waals surface area contributed by atoms with Crippen LogP contribution in [0.3, 0.4) is 0 Å². The molecule has 1 aliphatic heterocycles. The number of carbonyl (C=O) groups is 1. The van der Waals surface area contributed by atoms with Crippen molar-refractivity contribution >= 4 is 19.8 Å². The summed E-state index contributed by atoms with van der Waals surface area (Å²) in [5.74, 6) is 0.347. The minimum Gasteiger partial charge on any atom is -0.398 e. The summed E-state index contributed by atoms with van der Waals surface area (Å²) in [5.41, 5.74) is 9.41. The average Bonchev–Trinajstić information content (AvgIpc) is 2.77. The van der Waals surface area contributed by atoms with Crippen molar-refractivity contribution < 1.29 is 18.8 Å². The molecule has 1 atom stereocenters. The van der Waals surface area contributed by atoms with Gasteiger partial charge in [-0.15, -0.1) is 0 Å². The van der Waals surface area contributed by atoms with Crippen molar-refractivity contribution in [2.75, 3.05) is 12.8 Å². The number of benzene rings is 1. The van der Waals surface area contributed by atoms with Crippen molar-refractivity contribution in [3.63, 3.8) is 0 Å². The van der Waals surface area contributed by atoms with E-state index in [0.29, 0.717) is 23.7 Å². The van der Waals surface area contributed by atoms with Crippen LogP contribution in [0.5, 0.6) is 0 Å². The zero-order chi connectivity index (χ0) is 15.9. The molecule has 2 aliphatic rings. The van der Waals surface area contributed by atoms with Crippen LogP contribution >= 0.6 is 8.25 Å². The van der Waals surface area contributed by atoms with Gasteiger partial charge in [-0.05, 0) is 48.8 Å². The Bertz CT molecular complexity index is 626. The molecule has 0 saturated heterocycles. The zero-order valence-corrected chi connectivity index (χ0v) is 13.5. The van der Waals surface area contributed by atoms with E-state index in [4.69, 9.17) is 15.2 Å². The summed E-state index contributed by atoms with van der Waals surface area (Å²) in [6, 6.07) is 3.85. The Morgan fingerprint density at radius 3 is 2.64 bits per heavy atom. The van der Waals surface area contributed by atoms with Crippen molar-refractivity contribution in [2.24, 2.45) is 0 Å². The number of nitrogens with two attached hydrogens (primary N) is 1. The zero-order valence-electron chi connectivity index (χ0n) is 12.5. The molecular formula is C15H21N2O4P. The standard InChI is InChI=1S/C15H21N2O4P/c1-17-8-12-11(6-7-13(16)14(12)15(17)18)9-2-4-10(5-3-9)21-22(19)20/h6-7,9-10,22H,2-5,8,16H2,1H3,(H,19,20). The minimum atomic E-state index is -2.86. The van der Waals surface area contributed by atoms with Crippen LogP contribution in [0, 0.1) is 0 Å². The van der Waals surface area contributed by atoms with Crippen molar-refractivity contribution in [1.82, 2.24) is 4.90 Å². The SMILES string of the molecule is CN1Cc2c(C3CCC(O[PH](=O)O)CC3)ccc(N)c2C1=O. The van der Waals surface area contributed by atoms with Crippen LogP contribution in [0.1, 0.15) is 53.1 Å². The minimum absolute atomic E-state index is 0.00903. The smallest absolute Gasteiger partial charge is 0.316 e. The maximum absolute atomic E-state index is 12.2. The highest BCUT2D eigenvalue weighted by Crippen LogP contribution is 2.41. The number of fused-ring (bicyclic) bond motifs is 1. The first-order chi connectivity index (χ1) is 10.5. The summed E-state index contributed by atoms with van der Waals surface area (Å²) in [7, 11) is -1.07. The maximum Gasteiger partial charge on any atom is 0.316 e. The fourth-order valence-corrected chi connectivity index (χ4v) is 4.14. The van der Waals surface area contributed by atoms with Crippen molar-refractivity contribution in [2.45, 2.75) is 44.2 Å². The monoisotopic (exact) mass is 324 g/mol. The second-order valence-corrected chi connectivity index (χ2v) is 6.88. The number of hydrogen-bond acceptors (Lipinski definition) is 4. The van der Waals surface area contributed by atoms with Crippen LogP contribution in [0.2, 0.25) is 0 Å². The van der Waals surface area contributed by atoms with E-state index in [1.807, 2.05) is 12.1 Å². The van der Waals surface area contributed by atoms with Gasteiger partial charge in [0.25, 0.3) is 5.91 Å². The molecule has 22 heavy (non-hydrogen) atoms. The van der Waals surface area contributed by atoms with Crippen molar-refractivity contribution in [3.05, 3.63) is 28.8 Å². The predicted molar refractivity (Wildman–Crippen MR) is 84.0 cm³/mol. The molecule has 3 N–H and O–H groups in total. The second-order valence-electron chi connectivity index (χ2n) is 6.12. The van der Waals surface area contributed by atoms with Gasteiger partial charge in [0.1, 0.15) is 0 Å². The first kappa shape index (κ1) is 15.5. The number of amides is 1. The molecule has 120 valence electrons. The van der Waals surface area contributed by atoms with Gasteiger partial charge < -0.3 is 20.1 Å². The van der Waals surface area contributed by atoms with Crippen LogP contribution in [0.25, 0.3) is 0 Å². The van der Waals surface area contributed by atoms with Gasteiger partial charge in [-0.2, -0.15) is 0 Å². The molecule has 0 spiro atoms. The van der Waals surface area contributed by atoms with Crippen LogP contribution in [0.4, 0.5) is 5.69 Å².